The molecule has 0 unspecified atom stereocenters. The Balaban J connectivity index is 2.52. The van der Waals surface area contributed by atoms with Crippen LogP contribution in [0.3, 0.4) is 0 Å². The van der Waals surface area contributed by atoms with Gasteiger partial charge in [-0.05, 0) is 11.6 Å². The lowest BCUT2D eigenvalue weighted by molar-refractivity contribution is 0.396. The predicted molar refractivity (Wildman–Crippen MR) is 55.0 cm³/mol. The predicted octanol–water partition coefficient (Wildman–Crippen LogP) is 2.70. The number of hydrogen-bond acceptors (Lipinski definition) is 2. The van der Waals surface area contributed by atoms with Crippen LogP contribution in [0.4, 0.5) is 4.39 Å². The van der Waals surface area contributed by atoms with E-state index >= 15 is 0 Å². The van der Waals surface area contributed by atoms with Crippen LogP contribution in [-0.2, 0) is 0 Å². The van der Waals surface area contributed by atoms with Crippen molar-refractivity contribution in [2.45, 2.75) is 0 Å². The summed E-state index contributed by atoms with van der Waals surface area (Å²) in [7, 11) is 1.50. The average molecular weight is 202 g/mol. The molecule has 0 aliphatic heterocycles. The molecule has 0 spiro atoms. The summed E-state index contributed by atoms with van der Waals surface area (Å²) in [5.41, 5.74) is 1.27. The van der Waals surface area contributed by atoms with Gasteiger partial charge in [0.1, 0.15) is 5.82 Å². The highest BCUT2D eigenvalue weighted by Crippen LogP contribution is 2.24. The topological polar surface area (TPSA) is 22.1 Å². The average Bonchev–Trinajstić information content (AvgIpc) is 2.31. The lowest BCUT2D eigenvalue weighted by atomic mass is 10.1. The van der Waals surface area contributed by atoms with Gasteiger partial charge in [-0.2, -0.15) is 0 Å². The van der Waals surface area contributed by atoms with Crippen molar-refractivity contribution in [1.29, 1.82) is 0 Å². The first-order chi connectivity index (χ1) is 7.31. The number of benzene rings is 1. The number of pyridine rings is 1. The number of rotatable bonds is 2. The third kappa shape index (κ3) is 1.96. The summed E-state index contributed by atoms with van der Waals surface area (Å²) in [5.74, 6) is 0.0428. The van der Waals surface area contributed by atoms with E-state index in [0.29, 0.717) is 11.4 Å². The van der Waals surface area contributed by atoms with Gasteiger partial charge in [0.2, 0.25) is 5.88 Å². The summed E-state index contributed by atoms with van der Waals surface area (Å²) < 4.78 is 18.4. The maximum atomic E-state index is 13.5. The first-order valence-corrected chi connectivity index (χ1v) is 4.47. The Bertz CT molecular complexity index is 456. The molecule has 0 amide bonds. The fourth-order valence-electron chi connectivity index (χ4n) is 1.32. The largest absolute Gasteiger partial charge is 0.481 e. The van der Waals surface area contributed by atoms with Gasteiger partial charge >= 0.3 is 0 Å². The molecule has 75 valence electrons. The zero-order valence-electron chi connectivity index (χ0n) is 8.20. The standard InChI is InChI=1S/C12H9FNO/c1-15-12-7-10(11(13)8-14-12)9-5-3-2-4-6-9/h3-8H,1H3. The quantitative estimate of drug-likeness (QED) is 0.747. The van der Waals surface area contributed by atoms with Crippen LogP contribution in [0.2, 0.25) is 0 Å². The maximum Gasteiger partial charge on any atom is 0.213 e. The molecule has 1 aromatic heterocycles. The molecule has 1 heterocycles. The van der Waals surface area contributed by atoms with E-state index in [1.54, 1.807) is 30.3 Å². The Morgan fingerprint density at radius 1 is 1.33 bits per heavy atom. The zero-order valence-corrected chi connectivity index (χ0v) is 8.20. The van der Waals surface area contributed by atoms with Crippen LogP contribution in [0, 0.1) is 11.9 Å². The Morgan fingerprint density at radius 2 is 2.07 bits per heavy atom. The van der Waals surface area contributed by atoms with E-state index in [1.165, 1.54) is 7.11 Å². The molecule has 1 aromatic carbocycles. The van der Waals surface area contributed by atoms with E-state index in [0.717, 1.165) is 11.8 Å². The van der Waals surface area contributed by atoms with Gasteiger partial charge in [0.15, 0.2) is 0 Å². The molecule has 1 radical (unpaired) electrons. The zero-order chi connectivity index (χ0) is 10.7. The van der Waals surface area contributed by atoms with E-state index in [4.69, 9.17) is 4.74 Å². The highest BCUT2D eigenvalue weighted by atomic mass is 19.1. The summed E-state index contributed by atoms with van der Waals surface area (Å²) in [6.45, 7) is 0. The lowest BCUT2D eigenvalue weighted by Crippen LogP contribution is -1.91. The van der Waals surface area contributed by atoms with Crippen LogP contribution in [0.15, 0.2) is 36.5 Å². The highest BCUT2D eigenvalue weighted by molar-refractivity contribution is 5.64. The van der Waals surface area contributed by atoms with E-state index in [1.807, 2.05) is 0 Å². The van der Waals surface area contributed by atoms with Crippen LogP contribution in [0.5, 0.6) is 5.88 Å². The Morgan fingerprint density at radius 3 is 2.73 bits per heavy atom. The minimum absolute atomic E-state index is 0.359. The van der Waals surface area contributed by atoms with Crippen molar-refractivity contribution >= 4 is 0 Å². The molecule has 0 aliphatic rings. The van der Waals surface area contributed by atoms with E-state index in [9.17, 15) is 4.39 Å². The normalized spacial score (nSPS) is 10.0. The first kappa shape index (κ1) is 9.65. The van der Waals surface area contributed by atoms with Gasteiger partial charge < -0.3 is 4.74 Å². The van der Waals surface area contributed by atoms with Crippen molar-refractivity contribution < 1.29 is 9.13 Å². The summed E-state index contributed by atoms with van der Waals surface area (Å²) in [4.78, 5) is 3.78. The Hall–Kier alpha value is -1.90. The van der Waals surface area contributed by atoms with Crippen LogP contribution in [0.25, 0.3) is 11.1 Å². The molecular formula is C12H9FNO. The highest BCUT2D eigenvalue weighted by Gasteiger charge is 2.06. The number of nitrogens with zero attached hydrogens (tertiary/aromatic N) is 1. The fraction of sp³-hybridized carbons (Fsp3) is 0.0833. The number of hydrogen-bond donors (Lipinski definition) is 0. The Kier molecular flexibility index (Phi) is 2.63. The van der Waals surface area contributed by atoms with Crippen molar-refractivity contribution in [2.75, 3.05) is 7.11 Å². The van der Waals surface area contributed by atoms with Gasteiger partial charge in [0.25, 0.3) is 0 Å². The molecule has 0 bridgehead atoms. The number of ether oxygens (including phenoxy) is 1. The van der Waals surface area contributed by atoms with Gasteiger partial charge in [0.05, 0.1) is 13.3 Å². The third-order valence-electron chi connectivity index (χ3n) is 2.07. The van der Waals surface area contributed by atoms with Crippen LogP contribution >= 0.6 is 0 Å². The summed E-state index contributed by atoms with van der Waals surface area (Å²) >= 11 is 0. The molecule has 0 saturated carbocycles. The number of aromatic nitrogens is 1. The molecule has 2 rings (SSSR count). The molecule has 3 heteroatoms. The van der Waals surface area contributed by atoms with Crippen molar-refractivity contribution in [3.05, 3.63) is 48.4 Å². The second-order valence-corrected chi connectivity index (χ2v) is 3.00. The van der Waals surface area contributed by atoms with Crippen LogP contribution in [-0.4, -0.2) is 12.1 Å². The maximum absolute atomic E-state index is 13.5. The minimum atomic E-state index is -0.359. The van der Waals surface area contributed by atoms with Crippen LogP contribution in [0.1, 0.15) is 0 Å². The summed E-state index contributed by atoms with van der Waals surface area (Å²) in [6, 6.07) is 11.5. The molecule has 0 saturated heterocycles. The second kappa shape index (κ2) is 4.09. The van der Waals surface area contributed by atoms with Gasteiger partial charge in [-0.3, -0.25) is 0 Å². The molecule has 0 aliphatic carbocycles. The number of halogens is 1. The summed E-state index contributed by atoms with van der Waals surface area (Å²) in [5, 5.41) is 0. The molecule has 2 nitrogen and oxygen atoms in total. The monoisotopic (exact) mass is 202 g/mol. The molecule has 15 heavy (non-hydrogen) atoms. The van der Waals surface area contributed by atoms with Gasteiger partial charge in [-0.1, -0.05) is 24.3 Å². The van der Waals surface area contributed by atoms with Gasteiger partial charge in [-0.25, -0.2) is 9.37 Å². The number of methoxy groups -OCH3 is 1. The Labute approximate surface area is 87.4 Å². The molecular weight excluding hydrogens is 193 g/mol. The summed E-state index contributed by atoms with van der Waals surface area (Å²) in [6.07, 6.45) is 1.16. The SMILES string of the molecule is COc1cc(-c2cc[c]cc2)c(F)cn1. The van der Waals surface area contributed by atoms with Crippen molar-refractivity contribution in [2.24, 2.45) is 0 Å². The molecule has 0 atom stereocenters. The minimum Gasteiger partial charge on any atom is -0.481 e. The first-order valence-electron chi connectivity index (χ1n) is 4.47. The van der Waals surface area contributed by atoms with Gasteiger partial charge in [0, 0.05) is 11.6 Å². The van der Waals surface area contributed by atoms with Crippen molar-refractivity contribution in [3.63, 3.8) is 0 Å². The van der Waals surface area contributed by atoms with Crippen molar-refractivity contribution in [3.8, 4) is 17.0 Å². The van der Waals surface area contributed by atoms with Crippen molar-refractivity contribution in [1.82, 2.24) is 4.98 Å². The lowest BCUT2D eigenvalue weighted by Gasteiger charge is -2.04. The van der Waals surface area contributed by atoms with E-state index in [-0.39, 0.29) is 5.82 Å². The van der Waals surface area contributed by atoms with E-state index < -0.39 is 0 Å². The van der Waals surface area contributed by atoms with Gasteiger partial charge in [-0.15, -0.1) is 0 Å². The fourth-order valence-corrected chi connectivity index (χ4v) is 1.32. The second-order valence-electron chi connectivity index (χ2n) is 3.00. The molecule has 2 aromatic rings. The van der Waals surface area contributed by atoms with E-state index in [2.05, 4.69) is 11.1 Å². The third-order valence-corrected chi connectivity index (χ3v) is 2.07. The van der Waals surface area contributed by atoms with Crippen LogP contribution < -0.4 is 4.74 Å². The smallest absolute Gasteiger partial charge is 0.213 e. The molecule has 0 N–H and O–H groups in total. The molecule has 0 fully saturated rings.